The Morgan fingerprint density at radius 3 is 3.05 bits per heavy atom. The highest BCUT2D eigenvalue weighted by atomic mass is 16.2. The molecule has 0 radical (unpaired) electrons. The summed E-state index contributed by atoms with van der Waals surface area (Å²) in [5.41, 5.74) is 4.97. The van der Waals surface area contributed by atoms with E-state index in [1.54, 1.807) is 18.3 Å². The number of nitrogens with zero attached hydrogens (tertiary/aromatic N) is 3. The molecule has 1 aromatic heterocycles. The zero-order chi connectivity index (χ0) is 14.8. The summed E-state index contributed by atoms with van der Waals surface area (Å²) in [6.45, 7) is 1.88. The Morgan fingerprint density at radius 2 is 2.33 bits per heavy atom. The van der Waals surface area contributed by atoms with Crippen molar-refractivity contribution >= 4 is 6.03 Å². The molecule has 3 rings (SSSR count). The SMILES string of the molecule is CNC(=O)N(C)C1=CC2=C(CC1)CCN2Cc1cnc[nH]1. The number of imidazole rings is 1. The zero-order valence-corrected chi connectivity index (χ0v) is 12.5. The van der Waals surface area contributed by atoms with Crippen LogP contribution in [-0.2, 0) is 6.54 Å². The summed E-state index contributed by atoms with van der Waals surface area (Å²) in [5.74, 6) is 0. The van der Waals surface area contributed by atoms with Crippen molar-refractivity contribution in [3.63, 3.8) is 0 Å². The quantitative estimate of drug-likeness (QED) is 0.891. The first-order valence-electron chi connectivity index (χ1n) is 7.29. The summed E-state index contributed by atoms with van der Waals surface area (Å²) >= 11 is 0. The average molecular weight is 287 g/mol. The largest absolute Gasteiger partial charge is 0.365 e. The van der Waals surface area contributed by atoms with E-state index in [0.29, 0.717) is 0 Å². The Kier molecular flexibility index (Phi) is 3.68. The molecule has 112 valence electrons. The molecule has 2 amide bonds. The van der Waals surface area contributed by atoms with Gasteiger partial charge in [-0.05, 0) is 30.9 Å². The van der Waals surface area contributed by atoms with Crippen LogP contribution in [0.15, 0.2) is 35.6 Å². The van der Waals surface area contributed by atoms with E-state index in [-0.39, 0.29) is 6.03 Å². The van der Waals surface area contributed by atoms with Gasteiger partial charge in [-0.1, -0.05) is 0 Å². The van der Waals surface area contributed by atoms with Crippen LogP contribution in [0.5, 0.6) is 0 Å². The van der Waals surface area contributed by atoms with Crippen molar-refractivity contribution in [3.8, 4) is 0 Å². The summed E-state index contributed by atoms with van der Waals surface area (Å²) in [6, 6.07) is -0.0663. The minimum Gasteiger partial charge on any atom is -0.365 e. The van der Waals surface area contributed by atoms with E-state index in [9.17, 15) is 4.79 Å². The van der Waals surface area contributed by atoms with Gasteiger partial charge in [-0.15, -0.1) is 0 Å². The van der Waals surface area contributed by atoms with Crippen molar-refractivity contribution in [3.05, 3.63) is 41.3 Å². The minimum absolute atomic E-state index is 0.0663. The van der Waals surface area contributed by atoms with Gasteiger partial charge >= 0.3 is 6.03 Å². The fraction of sp³-hybridized carbons (Fsp3) is 0.467. The number of allylic oxidation sites excluding steroid dienone is 2. The number of hydrogen-bond donors (Lipinski definition) is 2. The maximum absolute atomic E-state index is 11.8. The summed E-state index contributed by atoms with van der Waals surface area (Å²) in [6.07, 6.45) is 8.84. The van der Waals surface area contributed by atoms with Gasteiger partial charge in [0.15, 0.2) is 0 Å². The van der Waals surface area contributed by atoms with Gasteiger partial charge in [-0.2, -0.15) is 0 Å². The highest BCUT2D eigenvalue weighted by Crippen LogP contribution is 2.35. The van der Waals surface area contributed by atoms with Crippen molar-refractivity contribution in [2.75, 3.05) is 20.6 Å². The third kappa shape index (κ3) is 2.66. The number of rotatable bonds is 3. The lowest BCUT2D eigenvalue weighted by atomic mass is 9.99. The summed E-state index contributed by atoms with van der Waals surface area (Å²) in [5, 5.41) is 2.67. The maximum atomic E-state index is 11.8. The minimum atomic E-state index is -0.0663. The van der Waals surface area contributed by atoms with Crippen LogP contribution in [-0.4, -0.2) is 46.4 Å². The van der Waals surface area contributed by atoms with Crippen molar-refractivity contribution < 1.29 is 4.79 Å². The number of nitrogens with one attached hydrogen (secondary N) is 2. The van der Waals surface area contributed by atoms with Gasteiger partial charge in [0.05, 0.1) is 18.6 Å². The van der Waals surface area contributed by atoms with E-state index in [2.05, 4.69) is 26.3 Å². The van der Waals surface area contributed by atoms with E-state index in [1.807, 2.05) is 13.2 Å². The Hall–Kier alpha value is -2.24. The van der Waals surface area contributed by atoms with Crippen LogP contribution in [0.1, 0.15) is 25.0 Å². The summed E-state index contributed by atoms with van der Waals surface area (Å²) < 4.78 is 0. The second-order valence-corrected chi connectivity index (χ2v) is 5.49. The van der Waals surface area contributed by atoms with Gasteiger partial charge < -0.3 is 20.1 Å². The van der Waals surface area contributed by atoms with Crippen LogP contribution in [0.4, 0.5) is 4.79 Å². The first kappa shape index (κ1) is 13.7. The number of aromatic nitrogens is 2. The Balaban J connectivity index is 1.78. The number of amides is 2. The lowest BCUT2D eigenvalue weighted by molar-refractivity contribution is 0.219. The number of hydrogen-bond acceptors (Lipinski definition) is 3. The molecule has 0 bridgehead atoms. The molecule has 1 aliphatic heterocycles. The highest BCUT2D eigenvalue weighted by Gasteiger charge is 2.26. The van der Waals surface area contributed by atoms with Gasteiger partial charge in [-0.3, -0.25) is 0 Å². The second kappa shape index (κ2) is 5.63. The van der Waals surface area contributed by atoms with E-state index in [0.717, 1.165) is 43.7 Å². The van der Waals surface area contributed by atoms with E-state index in [1.165, 1.54) is 11.3 Å². The third-order valence-corrected chi connectivity index (χ3v) is 4.24. The monoisotopic (exact) mass is 287 g/mol. The Morgan fingerprint density at radius 1 is 1.48 bits per heavy atom. The van der Waals surface area contributed by atoms with E-state index < -0.39 is 0 Å². The lowest BCUT2D eigenvalue weighted by Crippen LogP contribution is -2.35. The molecule has 0 unspecified atom stereocenters. The van der Waals surface area contributed by atoms with Gasteiger partial charge in [0.25, 0.3) is 0 Å². The summed E-state index contributed by atoms with van der Waals surface area (Å²) in [4.78, 5) is 23.1. The zero-order valence-electron chi connectivity index (χ0n) is 12.5. The maximum Gasteiger partial charge on any atom is 0.321 e. The van der Waals surface area contributed by atoms with Crippen LogP contribution >= 0.6 is 0 Å². The van der Waals surface area contributed by atoms with Gasteiger partial charge in [0, 0.05) is 38.2 Å². The van der Waals surface area contributed by atoms with Gasteiger partial charge in [0.2, 0.25) is 0 Å². The molecule has 6 nitrogen and oxygen atoms in total. The molecular weight excluding hydrogens is 266 g/mol. The molecular formula is C15H21N5O. The fourth-order valence-electron chi connectivity index (χ4n) is 3.00. The Labute approximate surface area is 124 Å². The molecule has 0 saturated carbocycles. The average Bonchev–Trinajstić information content (AvgIpc) is 3.16. The summed E-state index contributed by atoms with van der Waals surface area (Å²) in [7, 11) is 3.48. The predicted octanol–water partition coefficient (Wildman–Crippen LogP) is 1.82. The molecule has 2 N–H and O–H groups in total. The van der Waals surface area contributed by atoms with E-state index in [4.69, 9.17) is 0 Å². The highest BCUT2D eigenvalue weighted by molar-refractivity contribution is 5.75. The van der Waals surface area contributed by atoms with Crippen LogP contribution in [0.2, 0.25) is 0 Å². The normalized spacial score (nSPS) is 17.6. The third-order valence-electron chi connectivity index (χ3n) is 4.24. The van der Waals surface area contributed by atoms with Crippen LogP contribution in [0, 0.1) is 0 Å². The topological polar surface area (TPSA) is 64.3 Å². The lowest BCUT2D eigenvalue weighted by Gasteiger charge is -2.27. The smallest absolute Gasteiger partial charge is 0.321 e. The first-order valence-corrected chi connectivity index (χ1v) is 7.29. The molecule has 6 heteroatoms. The van der Waals surface area contributed by atoms with Crippen molar-refractivity contribution in [1.29, 1.82) is 0 Å². The van der Waals surface area contributed by atoms with Crippen molar-refractivity contribution in [2.45, 2.75) is 25.8 Å². The number of H-pyrrole nitrogens is 1. The van der Waals surface area contributed by atoms with E-state index >= 15 is 0 Å². The standard InChI is InChI=1S/C15H21N5O/c1-16-15(21)19(2)13-4-3-11-5-6-20(14(11)7-13)9-12-8-17-10-18-12/h7-8,10H,3-6,9H2,1-2H3,(H,16,21)(H,17,18). The molecule has 1 aliphatic carbocycles. The number of carbonyl (C=O) groups is 1. The molecule has 0 aromatic carbocycles. The van der Waals surface area contributed by atoms with Crippen LogP contribution in [0.25, 0.3) is 0 Å². The van der Waals surface area contributed by atoms with Crippen LogP contribution < -0.4 is 5.32 Å². The molecule has 21 heavy (non-hydrogen) atoms. The second-order valence-electron chi connectivity index (χ2n) is 5.49. The molecule has 2 aliphatic rings. The fourth-order valence-corrected chi connectivity index (χ4v) is 3.00. The number of aromatic amines is 1. The first-order chi connectivity index (χ1) is 10.2. The molecule has 0 saturated heterocycles. The number of urea groups is 1. The Bertz CT molecular complexity index is 587. The van der Waals surface area contributed by atoms with Crippen molar-refractivity contribution in [2.24, 2.45) is 0 Å². The van der Waals surface area contributed by atoms with Gasteiger partial charge in [-0.25, -0.2) is 9.78 Å². The number of carbonyl (C=O) groups excluding carboxylic acids is 1. The molecule has 1 aromatic rings. The van der Waals surface area contributed by atoms with Crippen molar-refractivity contribution in [1.82, 2.24) is 25.1 Å². The molecule has 0 spiro atoms. The van der Waals surface area contributed by atoms with Gasteiger partial charge in [0.1, 0.15) is 0 Å². The predicted molar refractivity (Wildman–Crippen MR) is 80.2 cm³/mol. The molecule has 0 fully saturated rings. The molecule has 0 atom stereocenters. The van der Waals surface area contributed by atoms with Crippen LogP contribution in [0.3, 0.4) is 0 Å². The molecule has 2 heterocycles.